The van der Waals surface area contributed by atoms with E-state index in [-0.39, 0.29) is 12.3 Å². The Morgan fingerprint density at radius 2 is 2.12 bits per heavy atom. The Labute approximate surface area is 106 Å². The minimum absolute atomic E-state index is 0.0269. The van der Waals surface area contributed by atoms with Crippen LogP contribution in [0.4, 0.5) is 10.1 Å². The van der Waals surface area contributed by atoms with Gasteiger partial charge in [-0.1, -0.05) is 6.07 Å². The highest BCUT2D eigenvalue weighted by Gasteiger charge is 2.20. The molecule has 0 N–H and O–H groups in total. The molecule has 96 valence electrons. The van der Waals surface area contributed by atoms with Gasteiger partial charge in [0.25, 0.3) is 0 Å². The molecule has 0 radical (unpaired) electrons. The molecule has 1 aromatic rings. The van der Waals surface area contributed by atoms with E-state index in [1.54, 1.807) is 13.0 Å². The second-order valence-corrected chi connectivity index (χ2v) is 5.89. The Bertz CT molecular complexity index is 464. The molecule has 0 fully saturated rings. The van der Waals surface area contributed by atoms with E-state index in [0.29, 0.717) is 18.0 Å². The number of benzene rings is 1. The van der Waals surface area contributed by atoms with E-state index in [2.05, 4.69) is 0 Å². The molecule has 0 heterocycles. The van der Waals surface area contributed by atoms with Gasteiger partial charge in [0, 0.05) is 12.4 Å². The summed E-state index contributed by atoms with van der Waals surface area (Å²) < 4.78 is 38.2. The molecule has 0 aliphatic rings. The Morgan fingerprint density at radius 1 is 1.41 bits per heavy atom. The number of hydrogen-bond donors (Lipinski definition) is 0. The molecule has 0 aliphatic heterocycles. The molecule has 0 amide bonds. The van der Waals surface area contributed by atoms with Crippen molar-refractivity contribution < 1.29 is 12.8 Å². The van der Waals surface area contributed by atoms with Crippen LogP contribution in [0, 0.1) is 5.82 Å². The Morgan fingerprint density at radius 3 is 2.65 bits per heavy atom. The van der Waals surface area contributed by atoms with Crippen molar-refractivity contribution in [3.63, 3.8) is 0 Å². The van der Waals surface area contributed by atoms with Crippen molar-refractivity contribution in [2.75, 3.05) is 22.5 Å². The summed E-state index contributed by atoms with van der Waals surface area (Å²) in [5, 5.41) is 0. The standard InChI is InChI=1S/C11H15ClFNO2S/c1-2-14(17(15,16)8-4-7-12)11-6-3-5-10(13)9-11/h3,5-6,9H,2,4,7-8H2,1H3. The lowest BCUT2D eigenvalue weighted by molar-refractivity contribution is 0.590. The predicted molar refractivity (Wildman–Crippen MR) is 68.5 cm³/mol. The number of rotatable bonds is 6. The van der Waals surface area contributed by atoms with Gasteiger partial charge in [0.05, 0.1) is 11.4 Å². The lowest BCUT2D eigenvalue weighted by Gasteiger charge is -2.22. The lowest BCUT2D eigenvalue weighted by atomic mass is 10.3. The first kappa shape index (κ1) is 14.3. The van der Waals surface area contributed by atoms with Crippen molar-refractivity contribution in [1.82, 2.24) is 0 Å². The molecule has 0 aromatic heterocycles. The topological polar surface area (TPSA) is 37.4 Å². The van der Waals surface area contributed by atoms with Gasteiger partial charge in [-0.25, -0.2) is 12.8 Å². The SMILES string of the molecule is CCN(c1cccc(F)c1)S(=O)(=O)CCCCl. The number of sulfonamides is 1. The molecule has 6 heteroatoms. The van der Waals surface area contributed by atoms with Gasteiger partial charge in [-0.3, -0.25) is 4.31 Å². The van der Waals surface area contributed by atoms with E-state index >= 15 is 0 Å². The van der Waals surface area contributed by atoms with Gasteiger partial charge in [0.1, 0.15) is 5.82 Å². The van der Waals surface area contributed by atoms with Gasteiger partial charge in [0.2, 0.25) is 10.0 Å². The highest BCUT2D eigenvalue weighted by molar-refractivity contribution is 7.92. The van der Waals surface area contributed by atoms with E-state index in [4.69, 9.17) is 11.6 Å². The van der Waals surface area contributed by atoms with Gasteiger partial charge in [-0.2, -0.15) is 0 Å². The molecule has 0 unspecified atom stereocenters. The zero-order valence-electron chi connectivity index (χ0n) is 9.57. The molecule has 0 bridgehead atoms. The maximum Gasteiger partial charge on any atom is 0.235 e. The van der Waals surface area contributed by atoms with Crippen molar-refractivity contribution in [3.05, 3.63) is 30.1 Å². The molecule has 0 spiro atoms. The minimum Gasteiger partial charge on any atom is -0.270 e. The molecule has 1 aromatic carbocycles. The van der Waals surface area contributed by atoms with Gasteiger partial charge in [-0.15, -0.1) is 11.6 Å². The smallest absolute Gasteiger partial charge is 0.235 e. The van der Waals surface area contributed by atoms with Crippen LogP contribution in [0.5, 0.6) is 0 Å². The number of alkyl halides is 1. The quantitative estimate of drug-likeness (QED) is 0.751. The highest BCUT2D eigenvalue weighted by atomic mass is 35.5. The summed E-state index contributed by atoms with van der Waals surface area (Å²) in [5.74, 6) is -0.186. The summed E-state index contributed by atoms with van der Waals surface area (Å²) in [7, 11) is -3.42. The van der Waals surface area contributed by atoms with Crippen LogP contribution in [0.25, 0.3) is 0 Å². The zero-order chi connectivity index (χ0) is 12.9. The first-order chi connectivity index (χ1) is 8.01. The fourth-order valence-corrected chi connectivity index (χ4v) is 3.37. The zero-order valence-corrected chi connectivity index (χ0v) is 11.1. The van der Waals surface area contributed by atoms with E-state index in [0.717, 1.165) is 0 Å². The van der Waals surface area contributed by atoms with Crippen LogP contribution in [-0.2, 0) is 10.0 Å². The first-order valence-electron chi connectivity index (χ1n) is 5.33. The second-order valence-electron chi connectivity index (χ2n) is 3.50. The van der Waals surface area contributed by atoms with E-state index < -0.39 is 15.8 Å². The first-order valence-corrected chi connectivity index (χ1v) is 7.47. The van der Waals surface area contributed by atoms with Crippen molar-refractivity contribution in [2.24, 2.45) is 0 Å². The highest BCUT2D eigenvalue weighted by Crippen LogP contribution is 2.19. The average molecular weight is 280 g/mol. The van der Waals surface area contributed by atoms with Gasteiger partial charge < -0.3 is 0 Å². The van der Waals surface area contributed by atoms with Gasteiger partial charge in [-0.05, 0) is 31.5 Å². The largest absolute Gasteiger partial charge is 0.270 e. The summed E-state index contributed by atoms with van der Waals surface area (Å²) in [4.78, 5) is 0. The summed E-state index contributed by atoms with van der Waals surface area (Å²) in [6, 6.07) is 5.56. The predicted octanol–water partition coefficient (Wildman–Crippen LogP) is 2.61. The van der Waals surface area contributed by atoms with Crippen LogP contribution in [-0.4, -0.2) is 26.6 Å². The van der Waals surface area contributed by atoms with Crippen molar-refractivity contribution >= 4 is 27.3 Å². The van der Waals surface area contributed by atoms with Crippen molar-refractivity contribution in [1.29, 1.82) is 0 Å². The molecule has 0 atom stereocenters. The fourth-order valence-electron chi connectivity index (χ4n) is 1.52. The number of anilines is 1. The van der Waals surface area contributed by atoms with Crippen LogP contribution in [0.2, 0.25) is 0 Å². The molecule has 0 aliphatic carbocycles. The van der Waals surface area contributed by atoms with Gasteiger partial charge >= 0.3 is 0 Å². The molecular weight excluding hydrogens is 265 g/mol. The summed E-state index contributed by atoms with van der Waals surface area (Å²) in [6.45, 7) is 1.98. The Balaban J connectivity index is 2.99. The molecule has 1 rings (SSSR count). The minimum atomic E-state index is -3.42. The third-order valence-corrected chi connectivity index (χ3v) is 4.47. The van der Waals surface area contributed by atoms with Crippen LogP contribution in [0.15, 0.2) is 24.3 Å². The monoisotopic (exact) mass is 279 g/mol. The summed E-state index contributed by atoms with van der Waals surface area (Å²) >= 11 is 5.48. The van der Waals surface area contributed by atoms with Crippen LogP contribution in [0.1, 0.15) is 13.3 Å². The van der Waals surface area contributed by atoms with Crippen molar-refractivity contribution in [2.45, 2.75) is 13.3 Å². The molecule has 17 heavy (non-hydrogen) atoms. The number of nitrogens with zero attached hydrogens (tertiary/aromatic N) is 1. The summed E-state index contributed by atoms with van der Waals surface area (Å²) in [6.07, 6.45) is 0.385. The number of hydrogen-bond acceptors (Lipinski definition) is 2. The summed E-state index contributed by atoms with van der Waals surface area (Å²) in [5.41, 5.74) is 0.349. The molecule has 0 saturated heterocycles. The lowest BCUT2D eigenvalue weighted by Crippen LogP contribution is -2.33. The van der Waals surface area contributed by atoms with Crippen molar-refractivity contribution in [3.8, 4) is 0 Å². The van der Waals surface area contributed by atoms with Gasteiger partial charge in [0.15, 0.2) is 0 Å². The average Bonchev–Trinajstić information content (AvgIpc) is 2.27. The van der Waals surface area contributed by atoms with E-state index in [1.165, 1.54) is 22.5 Å². The van der Waals surface area contributed by atoms with Crippen LogP contribution in [0.3, 0.4) is 0 Å². The second kappa shape index (κ2) is 6.21. The van der Waals surface area contributed by atoms with Crippen LogP contribution >= 0.6 is 11.6 Å². The Hall–Kier alpha value is -0.810. The Kier molecular flexibility index (Phi) is 5.21. The third-order valence-electron chi connectivity index (χ3n) is 2.26. The molecule has 0 saturated carbocycles. The van der Waals surface area contributed by atoms with E-state index in [9.17, 15) is 12.8 Å². The van der Waals surface area contributed by atoms with Crippen LogP contribution < -0.4 is 4.31 Å². The number of halogens is 2. The fraction of sp³-hybridized carbons (Fsp3) is 0.455. The maximum atomic E-state index is 13.1. The maximum absolute atomic E-state index is 13.1. The third kappa shape index (κ3) is 3.85. The molecular formula is C11H15ClFNO2S. The van der Waals surface area contributed by atoms with E-state index in [1.807, 2.05) is 0 Å². The molecule has 3 nitrogen and oxygen atoms in total. The normalized spacial score (nSPS) is 11.5.